The van der Waals surface area contributed by atoms with Crippen molar-refractivity contribution in [3.8, 4) is 0 Å². The standard InChI is InChI=1S/C7H13NO/c1-3-4-7(5-8)6(2)9/h3-4,9H,5,8H2,1-2H3/b4-3-,7-6-. The molecule has 0 fully saturated rings. The third-order valence-corrected chi connectivity index (χ3v) is 1.05. The van der Waals surface area contributed by atoms with Crippen LogP contribution in [0.5, 0.6) is 0 Å². The second-order valence-electron chi connectivity index (χ2n) is 1.81. The molecule has 0 radical (unpaired) electrons. The largest absolute Gasteiger partial charge is 0.512 e. The summed E-state index contributed by atoms with van der Waals surface area (Å²) in [7, 11) is 0. The summed E-state index contributed by atoms with van der Waals surface area (Å²) in [6.45, 7) is 3.91. The summed E-state index contributed by atoms with van der Waals surface area (Å²) in [4.78, 5) is 0. The van der Waals surface area contributed by atoms with Gasteiger partial charge in [0, 0.05) is 12.1 Å². The molecule has 0 spiro atoms. The van der Waals surface area contributed by atoms with Gasteiger partial charge in [0.25, 0.3) is 0 Å². The van der Waals surface area contributed by atoms with Gasteiger partial charge in [-0.15, -0.1) is 0 Å². The van der Waals surface area contributed by atoms with Crippen LogP contribution in [0, 0.1) is 0 Å². The van der Waals surface area contributed by atoms with E-state index in [1.54, 1.807) is 13.0 Å². The molecule has 0 aliphatic rings. The Kier molecular flexibility index (Phi) is 3.80. The maximum absolute atomic E-state index is 8.89. The van der Waals surface area contributed by atoms with Crippen LogP contribution in [0.2, 0.25) is 0 Å². The summed E-state index contributed by atoms with van der Waals surface area (Å²) in [6.07, 6.45) is 3.65. The SMILES string of the molecule is C/C=C\C(CN)=C(/C)O. The second kappa shape index (κ2) is 4.15. The fourth-order valence-corrected chi connectivity index (χ4v) is 0.538. The Labute approximate surface area is 55.7 Å². The average molecular weight is 127 g/mol. The van der Waals surface area contributed by atoms with Crippen molar-refractivity contribution < 1.29 is 5.11 Å². The smallest absolute Gasteiger partial charge is 0.0936 e. The van der Waals surface area contributed by atoms with Gasteiger partial charge in [0.1, 0.15) is 0 Å². The van der Waals surface area contributed by atoms with Crippen LogP contribution >= 0.6 is 0 Å². The molecule has 2 heteroatoms. The lowest BCUT2D eigenvalue weighted by molar-refractivity contribution is 0.408. The number of hydrogen-bond donors (Lipinski definition) is 2. The summed E-state index contributed by atoms with van der Waals surface area (Å²) >= 11 is 0. The summed E-state index contributed by atoms with van der Waals surface area (Å²) < 4.78 is 0. The highest BCUT2D eigenvalue weighted by molar-refractivity contribution is 5.21. The molecule has 0 atom stereocenters. The Balaban J connectivity index is 4.16. The predicted octanol–water partition coefficient (Wildman–Crippen LogP) is 1.35. The van der Waals surface area contributed by atoms with Gasteiger partial charge in [-0.1, -0.05) is 12.2 Å². The number of allylic oxidation sites excluding steroid dienone is 2. The maximum Gasteiger partial charge on any atom is 0.0936 e. The molecule has 0 aromatic heterocycles. The van der Waals surface area contributed by atoms with Gasteiger partial charge in [-0.05, 0) is 13.8 Å². The molecule has 2 nitrogen and oxygen atoms in total. The molecule has 0 aliphatic heterocycles. The quantitative estimate of drug-likeness (QED) is 0.434. The zero-order chi connectivity index (χ0) is 7.28. The van der Waals surface area contributed by atoms with Crippen molar-refractivity contribution in [3.05, 3.63) is 23.5 Å². The van der Waals surface area contributed by atoms with E-state index >= 15 is 0 Å². The first-order chi connectivity index (χ1) is 4.22. The van der Waals surface area contributed by atoms with Gasteiger partial charge >= 0.3 is 0 Å². The molecule has 0 rings (SSSR count). The average Bonchev–Trinajstić information content (AvgIpc) is 1.82. The minimum absolute atomic E-state index is 0.301. The van der Waals surface area contributed by atoms with Gasteiger partial charge in [-0.2, -0.15) is 0 Å². The van der Waals surface area contributed by atoms with E-state index in [2.05, 4.69) is 0 Å². The van der Waals surface area contributed by atoms with Gasteiger partial charge in [0.05, 0.1) is 5.76 Å². The van der Waals surface area contributed by atoms with E-state index in [1.807, 2.05) is 13.0 Å². The molecule has 52 valence electrons. The van der Waals surface area contributed by atoms with E-state index in [-0.39, 0.29) is 0 Å². The van der Waals surface area contributed by atoms with Crippen LogP contribution in [0.15, 0.2) is 23.5 Å². The van der Waals surface area contributed by atoms with Crippen LogP contribution < -0.4 is 5.73 Å². The fraction of sp³-hybridized carbons (Fsp3) is 0.429. The van der Waals surface area contributed by atoms with Crippen molar-refractivity contribution >= 4 is 0 Å². The lowest BCUT2D eigenvalue weighted by atomic mass is 10.2. The van der Waals surface area contributed by atoms with E-state index in [0.717, 1.165) is 5.57 Å². The van der Waals surface area contributed by atoms with E-state index in [1.165, 1.54) is 0 Å². The zero-order valence-electron chi connectivity index (χ0n) is 5.89. The molecular formula is C7H13NO. The highest BCUT2D eigenvalue weighted by Gasteiger charge is 1.90. The van der Waals surface area contributed by atoms with Gasteiger partial charge in [0.2, 0.25) is 0 Å². The summed E-state index contributed by atoms with van der Waals surface area (Å²) in [5, 5.41) is 8.89. The van der Waals surface area contributed by atoms with Crippen LogP contribution in [-0.4, -0.2) is 11.7 Å². The van der Waals surface area contributed by atoms with Crippen LogP contribution in [-0.2, 0) is 0 Å². The first-order valence-electron chi connectivity index (χ1n) is 2.93. The Morgan fingerprint density at radius 3 is 2.33 bits per heavy atom. The first kappa shape index (κ1) is 8.24. The van der Waals surface area contributed by atoms with Gasteiger partial charge in [-0.3, -0.25) is 0 Å². The van der Waals surface area contributed by atoms with Gasteiger partial charge < -0.3 is 10.8 Å². The number of aliphatic hydroxyl groups excluding tert-OH is 1. The molecule has 0 aromatic carbocycles. The van der Waals surface area contributed by atoms with Crippen molar-refractivity contribution in [2.75, 3.05) is 6.54 Å². The number of hydrogen-bond acceptors (Lipinski definition) is 2. The Bertz CT molecular complexity index is 132. The summed E-state index contributed by atoms with van der Waals surface area (Å²) in [5.41, 5.74) is 6.08. The third kappa shape index (κ3) is 2.93. The normalized spacial score (nSPS) is 14.1. The van der Waals surface area contributed by atoms with E-state index in [0.29, 0.717) is 12.3 Å². The first-order valence-corrected chi connectivity index (χ1v) is 2.93. The Hall–Kier alpha value is -0.760. The number of aliphatic hydroxyl groups is 1. The molecule has 0 saturated carbocycles. The molecule has 0 heterocycles. The molecule has 0 saturated heterocycles. The predicted molar refractivity (Wildman–Crippen MR) is 39.2 cm³/mol. The van der Waals surface area contributed by atoms with Gasteiger partial charge in [0.15, 0.2) is 0 Å². The van der Waals surface area contributed by atoms with Crippen molar-refractivity contribution in [2.45, 2.75) is 13.8 Å². The van der Waals surface area contributed by atoms with E-state index < -0.39 is 0 Å². The third-order valence-electron chi connectivity index (χ3n) is 1.05. The van der Waals surface area contributed by atoms with Crippen molar-refractivity contribution in [1.29, 1.82) is 0 Å². The minimum Gasteiger partial charge on any atom is -0.512 e. The monoisotopic (exact) mass is 127 g/mol. The van der Waals surface area contributed by atoms with Crippen LogP contribution in [0.1, 0.15) is 13.8 Å². The van der Waals surface area contributed by atoms with E-state index in [4.69, 9.17) is 10.8 Å². The van der Waals surface area contributed by atoms with Crippen molar-refractivity contribution in [1.82, 2.24) is 0 Å². The highest BCUT2D eigenvalue weighted by Crippen LogP contribution is 1.99. The van der Waals surface area contributed by atoms with Crippen LogP contribution in [0.25, 0.3) is 0 Å². The van der Waals surface area contributed by atoms with Gasteiger partial charge in [-0.25, -0.2) is 0 Å². The van der Waals surface area contributed by atoms with Crippen molar-refractivity contribution in [2.24, 2.45) is 5.73 Å². The van der Waals surface area contributed by atoms with Crippen molar-refractivity contribution in [3.63, 3.8) is 0 Å². The lowest BCUT2D eigenvalue weighted by Crippen LogP contribution is -2.02. The van der Waals surface area contributed by atoms with Crippen LogP contribution in [0.3, 0.4) is 0 Å². The molecule has 0 aromatic rings. The summed E-state index contributed by atoms with van der Waals surface area (Å²) in [5.74, 6) is 0.301. The fourth-order valence-electron chi connectivity index (χ4n) is 0.538. The highest BCUT2D eigenvalue weighted by atomic mass is 16.3. The molecule has 0 unspecified atom stereocenters. The van der Waals surface area contributed by atoms with Crippen LogP contribution in [0.4, 0.5) is 0 Å². The second-order valence-corrected chi connectivity index (χ2v) is 1.81. The molecule has 9 heavy (non-hydrogen) atoms. The van der Waals surface area contributed by atoms with E-state index in [9.17, 15) is 0 Å². The zero-order valence-corrected chi connectivity index (χ0v) is 5.89. The molecule has 0 amide bonds. The summed E-state index contributed by atoms with van der Waals surface area (Å²) in [6, 6.07) is 0. The molecule has 0 bridgehead atoms. The Morgan fingerprint density at radius 1 is 1.67 bits per heavy atom. The number of nitrogens with two attached hydrogens (primary N) is 1. The molecular weight excluding hydrogens is 114 g/mol. The Morgan fingerprint density at radius 2 is 2.22 bits per heavy atom. The molecule has 3 N–H and O–H groups in total. The maximum atomic E-state index is 8.89. The lowest BCUT2D eigenvalue weighted by Gasteiger charge is -1.96. The topological polar surface area (TPSA) is 46.2 Å². The minimum atomic E-state index is 0.301. The number of rotatable bonds is 2. The molecule has 0 aliphatic carbocycles.